The van der Waals surface area contributed by atoms with Gasteiger partial charge in [0.15, 0.2) is 5.78 Å². The maximum absolute atomic E-state index is 11.2. The predicted molar refractivity (Wildman–Crippen MR) is 57.5 cm³/mol. The summed E-state index contributed by atoms with van der Waals surface area (Å²) in [6.45, 7) is 0. The van der Waals surface area contributed by atoms with Crippen LogP contribution in [0.5, 0.6) is 5.75 Å². The number of phenols is 1. The van der Waals surface area contributed by atoms with Crippen LogP contribution in [0.2, 0.25) is 0 Å². The third-order valence-electron chi connectivity index (χ3n) is 1.71. The minimum atomic E-state index is -0.773. The number of alkyl halides is 1. The number of halogens is 2. The number of nitrogens with zero attached hydrogens (tertiary/aromatic N) is 1. The van der Waals surface area contributed by atoms with Crippen molar-refractivity contribution in [2.24, 2.45) is 0 Å². The lowest BCUT2D eigenvalue weighted by Crippen LogP contribution is -2.02. The summed E-state index contributed by atoms with van der Waals surface area (Å²) in [5.41, 5.74) is -0.689. The molecule has 80 valence electrons. The van der Waals surface area contributed by atoms with Crippen LogP contribution >= 0.6 is 27.5 Å². The molecule has 15 heavy (non-hydrogen) atoms. The Morgan fingerprint density at radius 2 is 2.20 bits per heavy atom. The molecule has 0 heterocycles. The summed E-state index contributed by atoms with van der Waals surface area (Å²) >= 11 is 8.19. The van der Waals surface area contributed by atoms with E-state index in [4.69, 9.17) is 11.6 Å². The highest BCUT2D eigenvalue weighted by molar-refractivity contribution is 9.10. The molecule has 5 nitrogen and oxygen atoms in total. The van der Waals surface area contributed by atoms with Crippen molar-refractivity contribution >= 4 is 39.0 Å². The number of carbonyl (C=O) groups excluding carboxylic acids is 1. The number of benzene rings is 1. The Labute approximate surface area is 97.9 Å². The van der Waals surface area contributed by atoms with E-state index in [1.165, 1.54) is 12.1 Å². The average Bonchev–Trinajstić information content (AvgIpc) is 2.16. The number of hydrogen-bond acceptors (Lipinski definition) is 4. The molecule has 0 aliphatic carbocycles. The molecule has 0 fully saturated rings. The third kappa shape index (κ3) is 2.27. The number of nitro groups is 1. The molecule has 1 rings (SSSR count). The Kier molecular flexibility index (Phi) is 3.65. The number of phenolic OH excluding ortho intramolecular Hbond substituents is 1. The van der Waals surface area contributed by atoms with Gasteiger partial charge < -0.3 is 5.11 Å². The zero-order chi connectivity index (χ0) is 11.6. The number of aromatic hydroxyl groups is 1. The lowest BCUT2D eigenvalue weighted by Gasteiger charge is -2.03. The van der Waals surface area contributed by atoms with E-state index in [0.717, 1.165) is 0 Å². The molecule has 7 heteroatoms. The topological polar surface area (TPSA) is 80.4 Å². The number of carbonyl (C=O) groups is 1. The van der Waals surface area contributed by atoms with Crippen molar-refractivity contribution in [2.45, 2.75) is 0 Å². The molecule has 0 saturated carbocycles. The van der Waals surface area contributed by atoms with E-state index in [1.807, 2.05) is 0 Å². The zero-order valence-electron chi connectivity index (χ0n) is 7.24. The summed E-state index contributed by atoms with van der Waals surface area (Å²) in [7, 11) is 0. The number of nitro benzene ring substituents is 1. The van der Waals surface area contributed by atoms with Crippen molar-refractivity contribution < 1.29 is 14.8 Å². The van der Waals surface area contributed by atoms with Crippen LogP contribution < -0.4 is 0 Å². The first-order valence-electron chi connectivity index (χ1n) is 3.74. The van der Waals surface area contributed by atoms with E-state index in [2.05, 4.69) is 15.9 Å². The van der Waals surface area contributed by atoms with E-state index in [1.54, 1.807) is 0 Å². The van der Waals surface area contributed by atoms with E-state index >= 15 is 0 Å². The summed E-state index contributed by atoms with van der Waals surface area (Å²) in [4.78, 5) is 21.0. The summed E-state index contributed by atoms with van der Waals surface area (Å²) in [5.74, 6) is -1.57. The fraction of sp³-hybridized carbons (Fsp3) is 0.125. The second-order valence-electron chi connectivity index (χ2n) is 2.61. The highest BCUT2D eigenvalue weighted by Gasteiger charge is 2.24. The van der Waals surface area contributed by atoms with Gasteiger partial charge in [-0.3, -0.25) is 14.9 Å². The van der Waals surface area contributed by atoms with Gasteiger partial charge in [-0.1, -0.05) is 0 Å². The van der Waals surface area contributed by atoms with Gasteiger partial charge >= 0.3 is 5.69 Å². The van der Waals surface area contributed by atoms with E-state index in [-0.39, 0.29) is 15.9 Å². The molecule has 0 aromatic heterocycles. The normalized spacial score (nSPS) is 10.0. The van der Waals surface area contributed by atoms with Crippen LogP contribution in [0.25, 0.3) is 0 Å². The highest BCUT2D eigenvalue weighted by atomic mass is 79.9. The minimum Gasteiger partial charge on any atom is -0.502 e. The first-order valence-corrected chi connectivity index (χ1v) is 5.06. The molecule has 0 amide bonds. The first kappa shape index (κ1) is 11.9. The van der Waals surface area contributed by atoms with Crippen molar-refractivity contribution in [2.75, 3.05) is 5.88 Å². The molecule has 0 aliphatic rings. The van der Waals surface area contributed by atoms with Crippen LogP contribution in [-0.2, 0) is 0 Å². The maximum Gasteiger partial charge on any atom is 0.325 e. The van der Waals surface area contributed by atoms with Gasteiger partial charge in [-0.2, -0.15) is 0 Å². The lowest BCUT2D eigenvalue weighted by molar-refractivity contribution is -0.386. The van der Waals surface area contributed by atoms with Crippen LogP contribution in [0, 0.1) is 10.1 Å². The number of Topliss-reactive ketones (excluding diaryl/α,β-unsaturated/α-hetero) is 1. The molecule has 1 aromatic carbocycles. The molecule has 0 radical (unpaired) electrons. The quantitative estimate of drug-likeness (QED) is 0.402. The second kappa shape index (κ2) is 4.59. The van der Waals surface area contributed by atoms with E-state index in [0.29, 0.717) is 0 Å². The smallest absolute Gasteiger partial charge is 0.325 e. The fourth-order valence-electron chi connectivity index (χ4n) is 1.03. The zero-order valence-corrected chi connectivity index (χ0v) is 9.58. The van der Waals surface area contributed by atoms with Gasteiger partial charge in [0.2, 0.25) is 5.75 Å². The van der Waals surface area contributed by atoms with Gasteiger partial charge in [-0.05, 0) is 28.1 Å². The van der Waals surface area contributed by atoms with Crippen LogP contribution in [0.4, 0.5) is 5.69 Å². The lowest BCUT2D eigenvalue weighted by atomic mass is 10.1. The van der Waals surface area contributed by atoms with Crippen LogP contribution in [0.15, 0.2) is 16.6 Å². The molecule has 0 saturated heterocycles. The molecule has 0 aliphatic heterocycles. The average molecular weight is 294 g/mol. The largest absolute Gasteiger partial charge is 0.502 e. The van der Waals surface area contributed by atoms with Gasteiger partial charge in [0.05, 0.1) is 20.8 Å². The Balaban J connectivity index is 3.41. The maximum atomic E-state index is 11.2. The van der Waals surface area contributed by atoms with Gasteiger partial charge in [0.25, 0.3) is 0 Å². The molecule has 1 aromatic rings. The van der Waals surface area contributed by atoms with Crippen molar-refractivity contribution in [3.8, 4) is 5.75 Å². The SMILES string of the molecule is O=C(CCl)c1ccc(Br)c([N+](=O)[O-])c1O. The van der Waals surface area contributed by atoms with Crippen LogP contribution in [0.1, 0.15) is 10.4 Å². The van der Waals surface area contributed by atoms with Gasteiger partial charge in [0, 0.05) is 0 Å². The summed E-state index contributed by atoms with van der Waals surface area (Å²) < 4.78 is 0.108. The van der Waals surface area contributed by atoms with Crippen molar-refractivity contribution in [3.63, 3.8) is 0 Å². The monoisotopic (exact) mass is 293 g/mol. The number of hydrogen-bond donors (Lipinski definition) is 1. The van der Waals surface area contributed by atoms with E-state index in [9.17, 15) is 20.0 Å². The van der Waals surface area contributed by atoms with Crippen molar-refractivity contribution in [3.05, 3.63) is 32.3 Å². The number of ketones is 1. The van der Waals surface area contributed by atoms with Crippen molar-refractivity contribution in [1.29, 1.82) is 0 Å². The van der Waals surface area contributed by atoms with Gasteiger partial charge in [-0.15, -0.1) is 11.6 Å². The summed E-state index contributed by atoms with van der Waals surface area (Å²) in [5, 5.41) is 20.1. The molecular formula is C8H5BrClNO4. The molecule has 0 spiro atoms. The fourth-order valence-corrected chi connectivity index (χ4v) is 1.63. The first-order chi connectivity index (χ1) is 6.99. The van der Waals surface area contributed by atoms with Crippen LogP contribution in [-0.4, -0.2) is 21.7 Å². The summed E-state index contributed by atoms with van der Waals surface area (Å²) in [6, 6.07) is 2.59. The Morgan fingerprint density at radius 1 is 1.60 bits per heavy atom. The van der Waals surface area contributed by atoms with Crippen LogP contribution in [0.3, 0.4) is 0 Å². The second-order valence-corrected chi connectivity index (χ2v) is 3.73. The molecule has 0 unspecified atom stereocenters. The van der Waals surface area contributed by atoms with E-state index < -0.39 is 22.1 Å². The number of rotatable bonds is 3. The Hall–Kier alpha value is -1.14. The Morgan fingerprint density at radius 3 is 2.67 bits per heavy atom. The standard InChI is InChI=1S/C8H5BrClNO4/c9-5-2-1-4(6(12)3-10)8(13)7(5)11(14)15/h1-2,13H,3H2. The summed E-state index contributed by atoms with van der Waals surface area (Å²) in [6.07, 6.45) is 0. The predicted octanol–water partition coefficient (Wildman–Crippen LogP) is 2.48. The van der Waals surface area contributed by atoms with Gasteiger partial charge in [0.1, 0.15) is 0 Å². The molecule has 0 bridgehead atoms. The van der Waals surface area contributed by atoms with Crippen molar-refractivity contribution in [1.82, 2.24) is 0 Å². The Bertz CT molecular complexity index is 435. The highest BCUT2D eigenvalue weighted by Crippen LogP contribution is 2.36. The molecule has 1 N–H and O–H groups in total. The minimum absolute atomic E-state index is 0.108. The molecular weight excluding hydrogens is 289 g/mol. The molecule has 0 atom stereocenters. The van der Waals surface area contributed by atoms with Gasteiger partial charge in [-0.25, -0.2) is 0 Å². The third-order valence-corrected chi connectivity index (χ3v) is 2.59.